The predicted octanol–water partition coefficient (Wildman–Crippen LogP) is 2.07. The Morgan fingerprint density at radius 3 is 2.63 bits per heavy atom. The maximum Gasteiger partial charge on any atom is 0.308 e. The van der Waals surface area contributed by atoms with Crippen molar-refractivity contribution < 1.29 is 18.8 Å². The van der Waals surface area contributed by atoms with Crippen LogP contribution in [0.25, 0.3) is 0 Å². The molecule has 6 heteroatoms. The molecule has 112 valence electrons. The van der Waals surface area contributed by atoms with E-state index in [0.29, 0.717) is 25.2 Å². The Kier molecular flexibility index (Phi) is 6.33. The normalized spacial score (nSPS) is 30.6. The molecule has 1 aliphatic heterocycles. The lowest BCUT2D eigenvalue weighted by Crippen LogP contribution is -2.57. The lowest BCUT2D eigenvalue weighted by Gasteiger charge is -2.46. The van der Waals surface area contributed by atoms with Crippen molar-refractivity contribution in [3.05, 3.63) is 0 Å². The van der Waals surface area contributed by atoms with E-state index >= 15 is 0 Å². The third kappa shape index (κ3) is 3.34. The van der Waals surface area contributed by atoms with Crippen molar-refractivity contribution in [2.24, 2.45) is 0 Å². The molecule has 0 aromatic heterocycles. The minimum absolute atomic E-state index is 0.0794. The molecule has 3 atom stereocenters. The Hall–Kier alpha value is -0.0700. The molecule has 1 heterocycles. The largest absolute Gasteiger partial charge is 0.466 e. The molecule has 0 amide bonds. The van der Waals surface area contributed by atoms with Crippen LogP contribution in [-0.2, 0) is 20.3 Å². The van der Waals surface area contributed by atoms with Crippen molar-refractivity contribution in [3.8, 4) is 0 Å². The van der Waals surface area contributed by atoms with Gasteiger partial charge in [0.15, 0.2) is 0 Å². The van der Waals surface area contributed by atoms with E-state index in [1.165, 1.54) is 0 Å². The average Bonchev–Trinajstić information content (AvgIpc) is 2.39. The van der Waals surface area contributed by atoms with E-state index < -0.39 is 26.4 Å². The van der Waals surface area contributed by atoms with Crippen molar-refractivity contribution in [2.75, 3.05) is 18.1 Å². The Bertz CT molecular complexity index is 348. The van der Waals surface area contributed by atoms with Gasteiger partial charge in [-0.3, -0.25) is 9.00 Å². The molecule has 19 heavy (non-hydrogen) atoms. The molecule has 1 rings (SSSR count). The third-order valence-corrected chi connectivity index (χ3v) is 8.28. The van der Waals surface area contributed by atoms with Crippen molar-refractivity contribution >= 4 is 28.5 Å². The number of hydrogen-bond acceptors (Lipinski definition) is 5. The zero-order valence-electron chi connectivity index (χ0n) is 11.9. The standard InChI is InChI=1S/C13H24O4S2/c1-4-12(15,10-11(14)17-6-3)13(5-2)18-8-7-9-19(13)16/h15H,4-10H2,1-3H3/t12-,13-,19-/m1/s1. The summed E-state index contributed by atoms with van der Waals surface area (Å²) in [6.07, 6.45) is 1.81. The van der Waals surface area contributed by atoms with E-state index in [1.54, 1.807) is 18.7 Å². The van der Waals surface area contributed by atoms with Gasteiger partial charge in [0, 0.05) is 16.6 Å². The first-order valence-corrected chi connectivity index (χ1v) is 9.16. The van der Waals surface area contributed by atoms with Crippen molar-refractivity contribution in [3.63, 3.8) is 0 Å². The maximum atomic E-state index is 12.5. The number of aliphatic hydroxyl groups is 1. The Morgan fingerprint density at radius 2 is 2.16 bits per heavy atom. The molecule has 1 N–H and O–H groups in total. The van der Waals surface area contributed by atoms with E-state index in [4.69, 9.17) is 4.74 Å². The Morgan fingerprint density at radius 1 is 1.47 bits per heavy atom. The number of ether oxygens (including phenoxy) is 1. The van der Waals surface area contributed by atoms with Gasteiger partial charge in [-0.25, -0.2) is 0 Å². The monoisotopic (exact) mass is 308 g/mol. The van der Waals surface area contributed by atoms with Crippen LogP contribution in [0.2, 0.25) is 0 Å². The van der Waals surface area contributed by atoms with Gasteiger partial charge in [-0.05, 0) is 31.9 Å². The van der Waals surface area contributed by atoms with E-state index in [2.05, 4.69) is 0 Å². The minimum Gasteiger partial charge on any atom is -0.466 e. The molecular weight excluding hydrogens is 284 g/mol. The van der Waals surface area contributed by atoms with Crippen molar-refractivity contribution in [2.45, 2.75) is 56.1 Å². The Balaban J connectivity index is 3.01. The van der Waals surface area contributed by atoms with Gasteiger partial charge in [-0.1, -0.05) is 13.8 Å². The second-order valence-electron chi connectivity index (χ2n) is 4.73. The Labute approximate surface area is 122 Å². The van der Waals surface area contributed by atoms with Crippen LogP contribution >= 0.6 is 11.8 Å². The molecule has 1 saturated heterocycles. The van der Waals surface area contributed by atoms with Gasteiger partial charge in [0.1, 0.15) is 9.68 Å². The molecular formula is C13H24O4S2. The van der Waals surface area contributed by atoms with Crippen LogP contribution in [0, 0.1) is 0 Å². The summed E-state index contributed by atoms with van der Waals surface area (Å²) in [4.78, 5) is 11.7. The molecule has 0 aliphatic carbocycles. The lowest BCUT2D eigenvalue weighted by molar-refractivity contribution is -0.149. The fourth-order valence-electron chi connectivity index (χ4n) is 2.58. The summed E-state index contributed by atoms with van der Waals surface area (Å²) >= 11 is 1.55. The number of hydrogen-bond donors (Lipinski definition) is 1. The summed E-state index contributed by atoms with van der Waals surface area (Å²) < 4.78 is 16.7. The molecule has 1 fully saturated rings. The number of rotatable bonds is 6. The summed E-state index contributed by atoms with van der Waals surface area (Å²) in [7, 11) is -1.12. The van der Waals surface area contributed by atoms with Crippen LogP contribution < -0.4 is 0 Å². The van der Waals surface area contributed by atoms with Crippen LogP contribution in [0.15, 0.2) is 0 Å². The highest BCUT2D eigenvalue weighted by Crippen LogP contribution is 2.48. The number of thioether (sulfide) groups is 1. The van der Waals surface area contributed by atoms with Crippen LogP contribution in [0.5, 0.6) is 0 Å². The first-order chi connectivity index (χ1) is 8.95. The molecule has 0 radical (unpaired) electrons. The second-order valence-corrected chi connectivity index (χ2v) is 8.17. The second kappa shape index (κ2) is 7.09. The van der Waals surface area contributed by atoms with Crippen LogP contribution in [0.3, 0.4) is 0 Å². The zero-order chi connectivity index (χ0) is 14.5. The highest BCUT2D eigenvalue weighted by Gasteiger charge is 2.55. The van der Waals surface area contributed by atoms with Crippen molar-refractivity contribution in [1.29, 1.82) is 0 Å². The maximum absolute atomic E-state index is 12.5. The smallest absolute Gasteiger partial charge is 0.308 e. The highest BCUT2D eigenvalue weighted by molar-refractivity contribution is 8.13. The molecule has 0 aromatic carbocycles. The first kappa shape index (κ1) is 17.0. The highest BCUT2D eigenvalue weighted by atomic mass is 32.2. The van der Waals surface area contributed by atoms with Gasteiger partial charge in [0.05, 0.1) is 13.0 Å². The molecule has 0 saturated carbocycles. The molecule has 0 spiro atoms. The van der Waals surface area contributed by atoms with E-state index in [-0.39, 0.29) is 6.42 Å². The molecule has 0 bridgehead atoms. The molecule has 4 nitrogen and oxygen atoms in total. The first-order valence-electron chi connectivity index (χ1n) is 6.86. The zero-order valence-corrected chi connectivity index (χ0v) is 13.6. The number of esters is 1. The topological polar surface area (TPSA) is 63.6 Å². The van der Waals surface area contributed by atoms with E-state index in [1.807, 2.05) is 13.8 Å². The van der Waals surface area contributed by atoms with Crippen molar-refractivity contribution in [1.82, 2.24) is 0 Å². The summed E-state index contributed by atoms with van der Waals surface area (Å²) in [6.45, 7) is 5.81. The average molecular weight is 308 g/mol. The quantitative estimate of drug-likeness (QED) is 0.761. The van der Waals surface area contributed by atoms with Crippen LogP contribution in [0.1, 0.15) is 46.5 Å². The fourth-order valence-corrected chi connectivity index (χ4v) is 6.79. The predicted molar refractivity (Wildman–Crippen MR) is 79.6 cm³/mol. The van der Waals surface area contributed by atoms with Gasteiger partial charge in [0.2, 0.25) is 0 Å². The summed E-state index contributed by atoms with van der Waals surface area (Å²) in [5.74, 6) is 1.07. The van der Waals surface area contributed by atoms with E-state index in [0.717, 1.165) is 12.2 Å². The van der Waals surface area contributed by atoms with Gasteiger partial charge >= 0.3 is 5.97 Å². The van der Waals surface area contributed by atoms with Gasteiger partial charge < -0.3 is 9.84 Å². The number of carbonyl (C=O) groups excluding carboxylic acids is 1. The molecule has 0 aromatic rings. The molecule has 1 aliphatic rings. The fraction of sp³-hybridized carbons (Fsp3) is 0.923. The summed E-state index contributed by atoms with van der Waals surface area (Å²) in [5, 5.41) is 10.9. The minimum atomic E-state index is -1.26. The van der Waals surface area contributed by atoms with Gasteiger partial charge in [0.25, 0.3) is 0 Å². The summed E-state index contributed by atoms with van der Waals surface area (Å²) in [6, 6.07) is 0. The van der Waals surface area contributed by atoms with Gasteiger partial charge in [-0.15, -0.1) is 11.8 Å². The van der Waals surface area contributed by atoms with Crippen LogP contribution in [0.4, 0.5) is 0 Å². The SMILES string of the molecule is CCOC(=O)C[C@](O)(CC)[C@]1(CC)SCCC[S@]1=O. The lowest BCUT2D eigenvalue weighted by atomic mass is 9.90. The van der Waals surface area contributed by atoms with Crippen LogP contribution in [-0.4, -0.2) is 43.1 Å². The molecule has 0 unspecified atom stereocenters. The third-order valence-electron chi connectivity index (χ3n) is 3.68. The summed E-state index contributed by atoms with van der Waals surface area (Å²) in [5.41, 5.74) is -1.26. The van der Waals surface area contributed by atoms with Gasteiger partial charge in [-0.2, -0.15) is 0 Å². The van der Waals surface area contributed by atoms with E-state index in [9.17, 15) is 14.1 Å². The number of carbonyl (C=O) groups is 1.